The van der Waals surface area contributed by atoms with Crippen LogP contribution in [0.3, 0.4) is 0 Å². The molecule has 6 nitrogen and oxygen atoms in total. The van der Waals surface area contributed by atoms with Crippen LogP contribution < -0.4 is 5.32 Å². The second kappa shape index (κ2) is 7.04. The van der Waals surface area contributed by atoms with Crippen LogP contribution in [0.15, 0.2) is 41.4 Å². The van der Waals surface area contributed by atoms with E-state index in [4.69, 9.17) is 16.7 Å². The van der Waals surface area contributed by atoms with Gasteiger partial charge < -0.3 is 10.4 Å². The molecule has 0 saturated carbocycles. The van der Waals surface area contributed by atoms with Crippen molar-refractivity contribution in [1.82, 2.24) is 10.2 Å². The summed E-state index contributed by atoms with van der Waals surface area (Å²) in [6.45, 7) is 1.94. The molecule has 0 aliphatic rings. The highest BCUT2D eigenvalue weighted by Crippen LogP contribution is 2.17. The molecule has 2 aromatic rings. The summed E-state index contributed by atoms with van der Waals surface area (Å²) in [6, 6.07) is 9.51. The van der Waals surface area contributed by atoms with E-state index in [1.807, 2.05) is 0 Å². The number of sulfone groups is 1. The average Bonchev–Trinajstić information content (AvgIpc) is 2.48. The van der Waals surface area contributed by atoms with Gasteiger partial charge in [0.25, 0.3) is 0 Å². The third-order valence-corrected chi connectivity index (χ3v) is 4.63. The first-order valence-electron chi connectivity index (χ1n) is 6.60. The van der Waals surface area contributed by atoms with Crippen LogP contribution in [0, 0.1) is 0 Å². The number of aromatic nitrogens is 2. The lowest BCUT2D eigenvalue weighted by Gasteiger charge is -2.08. The largest absolute Gasteiger partial charge is 0.392 e. The SMILES string of the molecule is C[C@@H](O)CNc1ccc(S(=O)(=O)Cc2ccc(Cl)cc2)nn1. The molecule has 0 fully saturated rings. The summed E-state index contributed by atoms with van der Waals surface area (Å²) < 4.78 is 24.5. The van der Waals surface area contributed by atoms with Gasteiger partial charge >= 0.3 is 0 Å². The standard InChI is InChI=1S/C14H16ClN3O3S/c1-10(19)8-16-13-6-7-14(18-17-13)22(20,21)9-11-2-4-12(15)5-3-11/h2-7,10,19H,8-9H2,1H3,(H,16,17)/t10-/m1/s1. The van der Waals surface area contributed by atoms with Gasteiger partial charge in [-0.3, -0.25) is 0 Å². The predicted octanol–water partition coefficient (Wildman–Crippen LogP) is 1.90. The van der Waals surface area contributed by atoms with Crippen molar-refractivity contribution >= 4 is 27.3 Å². The van der Waals surface area contributed by atoms with Crippen LogP contribution in [0.1, 0.15) is 12.5 Å². The number of hydrogen-bond donors (Lipinski definition) is 2. The second-order valence-corrected chi connectivity index (χ2v) is 7.25. The van der Waals surface area contributed by atoms with Crippen molar-refractivity contribution in [1.29, 1.82) is 0 Å². The second-order valence-electron chi connectivity index (χ2n) is 4.87. The average molecular weight is 342 g/mol. The van der Waals surface area contributed by atoms with Crippen LogP contribution in [-0.2, 0) is 15.6 Å². The van der Waals surface area contributed by atoms with E-state index in [1.54, 1.807) is 31.2 Å². The summed E-state index contributed by atoms with van der Waals surface area (Å²) in [5, 5.41) is 20.0. The highest BCUT2D eigenvalue weighted by Gasteiger charge is 2.17. The topological polar surface area (TPSA) is 92.2 Å². The minimum atomic E-state index is -3.57. The summed E-state index contributed by atoms with van der Waals surface area (Å²) in [4.78, 5) is 0. The molecular formula is C14H16ClN3O3S. The number of halogens is 1. The van der Waals surface area contributed by atoms with Crippen LogP contribution in [0.25, 0.3) is 0 Å². The number of nitrogens with zero attached hydrogens (tertiary/aromatic N) is 2. The molecule has 22 heavy (non-hydrogen) atoms. The van der Waals surface area contributed by atoms with Crippen LogP contribution in [-0.4, -0.2) is 36.4 Å². The maximum absolute atomic E-state index is 12.3. The minimum absolute atomic E-state index is 0.0925. The van der Waals surface area contributed by atoms with E-state index >= 15 is 0 Å². The molecule has 0 aliphatic heterocycles. The Hall–Kier alpha value is -1.70. The van der Waals surface area contributed by atoms with Crippen LogP contribution >= 0.6 is 11.6 Å². The number of rotatable bonds is 6. The molecule has 1 aromatic heterocycles. The third-order valence-electron chi connectivity index (χ3n) is 2.81. The summed E-state index contributed by atoms with van der Waals surface area (Å²) in [5.41, 5.74) is 0.627. The molecular weight excluding hydrogens is 326 g/mol. The van der Waals surface area contributed by atoms with Crippen molar-refractivity contribution in [2.45, 2.75) is 23.8 Å². The number of benzene rings is 1. The van der Waals surface area contributed by atoms with E-state index in [0.29, 0.717) is 22.9 Å². The van der Waals surface area contributed by atoms with Gasteiger partial charge in [0.1, 0.15) is 5.82 Å². The zero-order valence-corrected chi connectivity index (χ0v) is 13.5. The van der Waals surface area contributed by atoms with Crippen LogP contribution in [0.4, 0.5) is 5.82 Å². The summed E-state index contributed by atoms with van der Waals surface area (Å²) in [6.07, 6.45) is -0.532. The van der Waals surface area contributed by atoms with Gasteiger partial charge in [0.15, 0.2) is 5.03 Å². The maximum atomic E-state index is 12.3. The van der Waals surface area contributed by atoms with Gasteiger partial charge in [-0.15, -0.1) is 10.2 Å². The number of nitrogens with one attached hydrogen (secondary N) is 1. The first-order valence-corrected chi connectivity index (χ1v) is 8.63. The van der Waals surface area contributed by atoms with Crippen LogP contribution in [0.2, 0.25) is 5.02 Å². The Morgan fingerprint density at radius 2 is 1.86 bits per heavy atom. The van der Waals surface area contributed by atoms with Gasteiger partial charge in [-0.25, -0.2) is 8.42 Å². The van der Waals surface area contributed by atoms with E-state index in [2.05, 4.69) is 15.5 Å². The highest BCUT2D eigenvalue weighted by atomic mass is 35.5. The molecule has 8 heteroatoms. The highest BCUT2D eigenvalue weighted by molar-refractivity contribution is 7.90. The molecule has 0 spiro atoms. The van der Waals surface area contributed by atoms with Gasteiger partial charge in [0.2, 0.25) is 9.84 Å². The van der Waals surface area contributed by atoms with Crippen molar-refractivity contribution in [3.63, 3.8) is 0 Å². The molecule has 0 radical (unpaired) electrons. The minimum Gasteiger partial charge on any atom is -0.392 e. The van der Waals surface area contributed by atoms with Gasteiger partial charge in [-0.1, -0.05) is 23.7 Å². The molecule has 0 unspecified atom stereocenters. The molecule has 2 N–H and O–H groups in total. The smallest absolute Gasteiger partial charge is 0.201 e. The Bertz CT molecular complexity index is 716. The van der Waals surface area contributed by atoms with Crippen molar-refractivity contribution < 1.29 is 13.5 Å². The van der Waals surface area contributed by atoms with Gasteiger partial charge in [0.05, 0.1) is 11.9 Å². The van der Waals surface area contributed by atoms with E-state index < -0.39 is 15.9 Å². The van der Waals surface area contributed by atoms with Crippen LogP contribution in [0.5, 0.6) is 0 Å². The van der Waals surface area contributed by atoms with Gasteiger partial charge in [-0.2, -0.15) is 0 Å². The molecule has 0 bridgehead atoms. The molecule has 0 amide bonds. The summed E-state index contributed by atoms with van der Waals surface area (Å²) in [7, 11) is -3.57. The Morgan fingerprint density at radius 3 is 2.41 bits per heavy atom. The fourth-order valence-electron chi connectivity index (χ4n) is 1.71. The summed E-state index contributed by atoms with van der Waals surface area (Å²) in [5.74, 6) is 0.241. The molecule has 0 saturated heterocycles. The molecule has 1 aromatic carbocycles. The molecule has 118 valence electrons. The van der Waals surface area contributed by atoms with E-state index in [0.717, 1.165) is 0 Å². The Balaban J connectivity index is 2.10. The molecule has 2 rings (SSSR count). The Kier molecular flexibility index (Phi) is 5.33. The van der Waals surface area contributed by atoms with Gasteiger partial charge in [0, 0.05) is 11.6 Å². The fourth-order valence-corrected chi connectivity index (χ4v) is 3.05. The zero-order chi connectivity index (χ0) is 16.2. The van der Waals surface area contributed by atoms with E-state index in [-0.39, 0.29) is 10.8 Å². The molecule has 1 heterocycles. The first kappa shape index (κ1) is 16.7. The quantitative estimate of drug-likeness (QED) is 0.833. The lowest BCUT2D eigenvalue weighted by atomic mass is 10.2. The monoisotopic (exact) mass is 341 g/mol. The van der Waals surface area contributed by atoms with Crippen molar-refractivity contribution in [2.24, 2.45) is 0 Å². The molecule has 0 aliphatic carbocycles. The number of aliphatic hydroxyl groups excluding tert-OH is 1. The zero-order valence-electron chi connectivity index (χ0n) is 11.9. The van der Waals surface area contributed by atoms with Crippen molar-refractivity contribution in [3.8, 4) is 0 Å². The van der Waals surface area contributed by atoms with Crippen molar-refractivity contribution in [3.05, 3.63) is 47.0 Å². The predicted molar refractivity (Wildman–Crippen MR) is 84.5 cm³/mol. The maximum Gasteiger partial charge on any atom is 0.201 e. The van der Waals surface area contributed by atoms with E-state index in [1.165, 1.54) is 12.1 Å². The first-order chi connectivity index (χ1) is 10.4. The lowest BCUT2D eigenvalue weighted by Crippen LogP contribution is -2.16. The van der Waals surface area contributed by atoms with Crippen molar-refractivity contribution in [2.75, 3.05) is 11.9 Å². The molecule has 1 atom stereocenters. The number of hydrogen-bond acceptors (Lipinski definition) is 6. The third kappa shape index (κ3) is 4.66. The normalized spacial score (nSPS) is 12.9. The van der Waals surface area contributed by atoms with Gasteiger partial charge in [-0.05, 0) is 36.8 Å². The summed E-state index contributed by atoms with van der Waals surface area (Å²) >= 11 is 5.77. The number of anilines is 1. The number of aliphatic hydroxyl groups is 1. The van der Waals surface area contributed by atoms with E-state index in [9.17, 15) is 8.42 Å². The Labute approximate surface area is 134 Å². The Morgan fingerprint density at radius 1 is 1.18 bits per heavy atom. The fraction of sp³-hybridized carbons (Fsp3) is 0.286. The lowest BCUT2D eigenvalue weighted by molar-refractivity contribution is 0.208.